The number of hydrogen-bond donors (Lipinski definition) is 0. The molecule has 0 N–H and O–H groups in total. The van der Waals surface area contributed by atoms with E-state index >= 15 is 0 Å². The fourth-order valence-corrected chi connectivity index (χ4v) is 4.02. The van der Waals surface area contributed by atoms with Crippen LogP contribution in [0.3, 0.4) is 0 Å². The van der Waals surface area contributed by atoms with Crippen LogP contribution >= 0.6 is 0 Å². The molecule has 1 aromatic rings. The predicted octanol–water partition coefficient (Wildman–Crippen LogP) is 1.88. The molecule has 0 atom stereocenters. The number of nitriles is 1. The van der Waals surface area contributed by atoms with Crippen LogP contribution in [0.4, 0.5) is 0 Å². The van der Waals surface area contributed by atoms with Gasteiger partial charge in [0.15, 0.2) is 0 Å². The minimum absolute atomic E-state index is 0.0756. The van der Waals surface area contributed by atoms with Gasteiger partial charge in [0.25, 0.3) is 0 Å². The summed E-state index contributed by atoms with van der Waals surface area (Å²) in [4.78, 5) is 23.5. The Morgan fingerprint density at radius 2 is 1.88 bits per heavy atom. The number of piperazine rings is 1. The Balaban J connectivity index is 1.48. The van der Waals surface area contributed by atoms with Crippen LogP contribution in [-0.4, -0.2) is 70.9 Å². The normalized spacial score (nSPS) is 21.1. The summed E-state index contributed by atoms with van der Waals surface area (Å²) >= 11 is 0. The first-order valence-corrected chi connectivity index (χ1v) is 9.65. The first-order chi connectivity index (χ1) is 12.6. The first-order valence-electron chi connectivity index (χ1n) is 9.65. The van der Waals surface area contributed by atoms with Gasteiger partial charge in [-0.15, -0.1) is 0 Å². The molecule has 3 rings (SSSR count). The summed E-state index contributed by atoms with van der Waals surface area (Å²) in [6.07, 6.45) is 6.70. The second-order valence-corrected chi connectivity index (χ2v) is 7.53. The van der Waals surface area contributed by atoms with Crippen LogP contribution in [-0.2, 0) is 11.3 Å². The number of carbonyl (C=O) groups is 1. The van der Waals surface area contributed by atoms with Crippen molar-refractivity contribution in [2.45, 2.75) is 44.2 Å². The van der Waals surface area contributed by atoms with Crippen LogP contribution in [0, 0.1) is 11.3 Å². The van der Waals surface area contributed by atoms with Gasteiger partial charge in [-0.1, -0.05) is 25.3 Å². The number of hydrogen-bond acceptors (Lipinski definition) is 5. The SMILES string of the molecule is CN(C(=O)CN1CCN(Cc2ccccn2)CC1)C1(C#N)CCCCC1. The number of nitrogens with zero attached hydrogens (tertiary/aromatic N) is 5. The maximum Gasteiger partial charge on any atom is 0.237 e. The van der Waals surface area contributed by atoms with E-state index in [0.29, 0.717) is 6.54 Å². The quantitative estimate of drug-likeness (QED) is 0.807. The molecule has 1 amide bonds. The second kappa shape index (κ2) is 8.61. The van der Waals surface area contributed by atoms with Crippen LogP contribution in [0.5, 0.6) is 0 Å². The lowest BCUT2D eigenvalue weighted by atomic mass is 9.81. The van der Waals surface area contributed by atoms with Gasteiger partial charge in [-0.25, -0.2) is 0 Å². The molecule has 140 valence electrons. The number of rotatable bonds is 5. The van der Waals surface area contributed by atoms with Crippen LogP contribution < -0.4 is 0 Å². The lowest BCUT2D eigenvalue weighted by Gasteiger charge is -2.41. The molecular weight excluding hydrogens is 326 g/mol. The highest BCUT2D eigenvalue weighted by Crippen LogP contribution is 2.32. The maximum absolute atomic E-state index is 12.8. The molecule has 6 nitrogen and oxygen atoms in total. The Kier molecular flexibility index (Phi) is 6.23. The molecule has 0 bridgehead atoms. The zero-order valence-corrected chi connectivity index (χ0v) is 15.7. The average molecular weight is 355 g/mol. The minimum atomic E-state index is -0.587. The summed E-state index contributed by atoms with van der Waals surface area (Å²) in [5.41, 5.74) is 0.501. The predicted molar refractivity (Wildman–Crippen MR) is 100 cm³/mol. The summed E-state index contributed by atoms with van der Waals surface area (Å²) < 4.78 is 0. The average Bonchev–Trinajstić information content (AvgIpc) is 2.70. The highest BCUT2D eigenvalue weighted by Gasteiger charge is 2.39. The molecule has 2 fully saturated rings. The van der Waals surface area contributed by atoms with Gasteiger partial charge in [-0.2, -0.15) is 5.26 Å². The van der Waals surface area contributed by atoms with E-state index in [9.17, 15) is 10.1 Å². The molecule has 2 aliphatic rings. The number of pyridine rings is 1. The van der Waals surface area contributed by atoms with Crippen molar-refractivity contribution in [1.29, 1.82) is 5.26 Å². The third kappa shape index (κ3) is 4.40. The van der Waals surface area contributed by atoms with Crippen molar-refractivity contribution in [3.8, 4) is 6.07 Å². The summed E-state index contributed by atoms with van der Waals surface area (Å²) in [5.74, 6) is 0.0756. The smallest absolute Gasteiger partial charge is 0.237 e. The number of amides is 1. The van der Waals surface area contributed by atoms with Crippen molar-refractivity contribution < 1.29 is 4.79 Å². The van der Waals surface area contributed by atoms with Gasteiger partial charge in [0.1, 0.15) is 5.54 Å². The molecule has 2 heterocycles. The van der Waals surface area contributed by atoms with Crippen LogP contribution in [0.25, 0.3) is 0 Å². The Bertz CT molecular complexity index is 627. The lowest BCUT2D eigenvalue weighted by Crippen LogP contribution is -2.54. The zero-order valence-electron chi connectivity index (χ0n) is 15.7. The van der Waals surface area contributed by atoms with Crippen molar-refractivity contribution in [1.82, 2.24) is 19.7 Å². The van der Waals surface area contributed by atoms with Gasteiger partial charge in [-0.3, -0.25) is 19.6 Å². The van der Waals surface area contributed by atoms with E-state index in [1.54, 1.807) is 4.90 Å². The van der Waals surface area contributed by atoms with Gasteiger partial charge in [0, 0.05) is 46.0 Å². The number of likely N-dealkylation sites (N-methyl/N-ethyl adjacent to an activating group) is 1. The second-order valence-electron chi connectivity index (χ2n) is 7.53. The Hall–Kier alpha value is -1.97. The highest BCUT2D eigenvalue weighted by molar-refractivity contribution is 5.79. The Labute approximate surface area is 156 Å². The molecule has 1 aliphatic heterocycles. The summed E-state index contributed by atoms with van der Waals surface area (Å²) in [6, 6.07) is 8.44. The Morgan fingerprint density at radius 3 is 2.50 bits per heavy atom. The Morgan fingerprint density at radius 1 is 1.19 bits per heavy atom. The number of carbonyl (C=O) groups excluding carboxylic acids is 1. The minimum Gasteiger partial charge on any atom is -0.326 e. The largest absolute Gasteiger partial charge is 0.326 e. The lowest BCUT2D eigenvalue weighted by molar-refractivity contribution is -0.136. The first kappa shape index (κ1) is 18.8. The third-order valence-electron chi connectivity index (χ3n) is 5.84. The number of aromatic nitrogens is 1. The maximum atomic E-state index is 12.8. The third-order valence-corrected chi connectivity index (χ3v) is 5.84. The van der Waals surface area contributed by atoms with Crippen molar-refractivity contribution in [2.24, 2.45) is 0 Å². The van der Waals surface area contributed by atoms with Crippen molar-refractivity contribution >= 4 is 5.91 Å². The molecule has 1 aliphatic carbocycles. The van der Waals surface area contributed by atoms with E-state index in [0.717, 1.165) is 64.1 Å². The molecule has 0 unspecified atom stereocenters. The van der Waals surface area contributed by atoms with Crippen molar-refractivity contribution in [3.63, 3.8) is 0 Å². The molecule has 1 saturated carbocycles. The topological polar surface area (TPSA) is 63.5 Å². The zero-order chi connectivity index (χ0) is 18.4. The van der Waals surface area contributed by atoms with Gasteiger partial charge in [0.2, 0.25) is 5.91 Å². The van der Waals surface area contributed by atoms with Crippen LogP contribution in [0.2, 0.25) is 0 Å². The molecule has 26 heavy (non-hydrogen) atoms. The van der Waals surface area contributed by atoms with Crippen molar-refractivity contribution in [3.05, 3.63) is 30.1 Å². The van der Waals surface area contributed by atoms with Gasteiger partial charge in [0.05, 0.1) is 18.3 Å². The van der Waals surface area contributed by atoms with Gasteiger partial charge < -0.3 is 4.90 Å². The van der Waals surface area contributed by atoms with Gasteiger partial charge in [-0.05, 0) is 25.0 Å². The molecular formula is C20H29N5O. The summed E-state index contributed by atoms with van der Waals surface area (Å²) in [6.45, 7) is 4.92. The van der Waals surface area contributed by atoms with Gasteiger partial charge >= 0.3 is 0 Å². The molecule has 6 heteroatoms. The highest BCUT2D eigenvalue weighted by atomic mass is 16.2. The summed E-state index contributed by atoms with van der Waals surface area (Å²) in [7, 11) is 1.81. The molecule has 1 saturated heterocycles. The van der Waals surface area contributed by atoms with E-state index in [4.69, 9.17) is 0 Å². The molecule has 0 spiro atoms. The van der Waals surface area contributed by atoms with Crippen LogP contribution in [0.1, 0.15) is 37.8 Å². The fourth-order valence-electron chi connectivity index (χ4n) is 4.02. The van der Waals surface area contributed by atoms with Crippen molar-refractivity contribution in [2.75, 3.05) is 39.8 Å². The fraction of sp³-hybridized carbons (Fsp3) is 0.650. The van der Waals surface area contributed by atoms with E-state index in [-0.39, 0.29) is 5.91 Å². The molecule has 1 aromatic heterocycles. The molecule has 0 aromatic carbocycles. The molecule has 0 radical (unpaired) electrons. The van der Waals surface area contributed by atoms with E-state index in [2.05, 4.69) is 26.9 Å². The van der Waals surface area contributed by atoms with E-state index in [1.807, 2.05) is 25.4 Å². The standard InChI is InChI=1S/C20H29N5O/c1-23(20(17-21)8-4-2-5-9-20)19(26)16-25-13-11-24(12-14-25)15-18-7-3-6-10-22-18/h3,6-7,10H,2,4-5,8-9,11-16H2,1H3. The van der Waals surface area contributed by atoms with Crippen LogP contribution in [0.15, 0.2) is 24.4 Å². The summed E-state index contributed by atoms with van der Waals surface area (Å²) in [5, 5.41) is 9.67. The van der Waals surface area contributed by atoms with E-state index < -0.39 is 5.54 Å². The monoisotopic (exact) mass is 355 g/mol. The van der Waals surface area contributed by atoms with E-state index in [1.165, 1.54) is 6.42 Å².